The van der Waals surface area contributed by atoms with Crippen LogP contribution in [0.2, 0.25) is 0 Å². The minimum absolute atomic E-state index is 0.256. The molecular weight excluding hydrogens is 320 g/mol. The van der Waals surface area contributed by atoms with Crippen molar-refractivity contribution < 1.29 is 8.42 Å². The van der Waals surface area contributed by atoms with Crippen LogP contribution in [-0.4, -0.2) is 13.0 Å². The molecule has 0 unspecified atom stereocenters. The minimum atomic E-state index is -3.60. The normalized spacial score (nSPS) is 11.5. The Morgan fingerprint density at radius 2 is 1.46 bits per heavy atom. The lowest BCUT2D eigenvalue weighted by Gasteiger charge is -2.13. The van der Waals surface area contributed by atoms with E-state index in [1.807, 2.05) is 51.1 Å². The summed E-state index contributed by atoms with van der Waals surface area (Å²) in [5, 5.41) is 0. The molecule has 0 saturated carbocycles. The zero-order valence-corrected chi connectivity index (χ0v) is 14.8. The van der Waals surface area contributed by atoms with E-state index >= 15 is 0 Å². The Morgan fingerprint density at radius 3 is 2.08 bits per heavy atom. The molecule has 0 atom stereocenters. The molecule has 124 valence electrons. The summed E-state index contributed by atoms with van der Waals surface area (Å²) in [6, 6.07) is 18.3. The van der Waals surface area contributed by atoms with Crippen LogP contribution in [0.3, 0.4) is 0 Å². The first-order chi connectivity index (χ1) is 11.4. The van der Waals surface area contributed by atoms with Gasteiger partial charge >= 0.3 is 0 Å². The molecule has 0 saturated heterocycles. The van der Waals surface area contributed by atoms with E-state index in [9.17, 15) is 8.42 Å². The molecule has 2 aromatic carbocycles. The molecule has 0 aliphatic rings. The van der Waals surface area contributed by atoms with E-state index in [2.05, 4.69) is 9.29 Å². The smallest absolute Gasteiger partial charge is 0.261 e. The van der Waals surface area contributed by atoms with Gasteiger partial charge in [0.2, 0.25) is 0 Å². The zero-order chi connectivity index (χ0) is 17.3. The van der Waals surface area contributed by atoms with E-state index in [1.54, 1.807) is 30.3 Å². The number of anilines is 1. The van der Waals surface area contributed by atoms with Gasteiger partial charge in [-0.2, -0.15) is 0 Å². The Morgan fingerprint density at radius 1 is 0.833 bits per heavy atom. The van der Waals surface area contributed by atoms with Gasteiger partial charge in [0.15, 0.2) is 0 Å². The van der Waals surface area contributed by atoms with Crippen LogP contribution >= 0.6 is 0 Å². The molecule has 0 amide bonds. The molecule has 0 aliphatic carbocycles. The summed E-state index contributed by atoms with van der Waals surface area (Å²) >= 11 is 0. The summed E-state index contributed by atoms with van der Waals surface area (Å²) in [6.07, 6.45) is 0. The summed E-state index contributed by atoms with van der Waals surface area (Å²) in [6.45, 7) is 5.97. The highest BCUT2D eigenvalue weighted by molar-refractivity contribution is 7.92. The fraction of sp³-hybridized carbons (Fsp3) is 0.158. The SMILES string of the molecule is Cc1ccc(S(=O)(=O)Nc2cccc(-n3c(C)ccc3C)c2)cc1. The van der Waals surface area contributed by atoms with Crippen molar-refractivity contribution in [3.05, 3.63) is 77.6 Å². The van der Waals surface area contributed by atoms with Gasteiger partial charge in [-0.15, -0.1) is 0 Å². The molecule has 0 spiro atoms. The Kier molecular flexibility index (Phi) is 4.20. The van der Waals surface area contributed by atoms with Crippen molar-refractivity contribution in [2.75, 3.05) is 4.72 Å². The minimum Gasteiger partial charge on any atom is -0.318 e. The van der Waals surface area contributed by atoms with E-state index < -0.39 is 10.0 Å². The summed E-state index contributed by atoms with van der Waals surface area (Å²) in [5.41, 5.74) is 4.70. The number of nitrogens with zero attached hydrogens (tertiary/aromatic N) is 1. The van der Waals surface area contributed by atoms with E-state index in [0.717, 1.165) is 22.6 Å². The zero-order valence-electron chi connectivity index (χ0n) is 13.9. The van der Waals surface area contributed by atoms with E-state index in [1.165, 1.54) is 0 Å². The topological polar surface area (TPSA) is 51.1 Å². The number of rotatable bonds is 4. The third-order valence-corrected chi connectivity index (χ3v) is 5.36. The predicted octanol–water partition coefficient (Wildman–Crippen LogP) is 4.20. The average Bonchev–Trinajstić information content (AvgIpc) is 2.86. The molecular formula is C19H20N2O2S. The van der Waals surface area contributed by atoms with Gasteiger partial charge < -0.3 is 4.57 Å². The molecule has 1 N–H and O–H groups in total. The number of aryl methyl sites for hydroxylation is 3. The van der Waals surface area contributed by atoms with Crippen LogP contribution in [0, 0.1) is 20.8 Å². The van der Waals surface area contributed by atoms with Crippen LogP contribution in [0.4, 0.5) is 5.69 Å². The molecule has 3 aromatic rings. The fourth-order valence-electron chi connectivity index (χ4n) is 2.72. The van der Waals surface area contributed by atoms with Crippen LogP contribution < -0.4 is 4.72 Å². The number of sulfonamides is 1. The standard InChI is InChI=1S/C19H20N2O2S/c1-14-7-11-19(12-8-14)24(22,23)20-17-5-4-6-18(13-17)21-15(2)9-10-16(21)3/h4-13,20H,1-3H3. The molecule has 1 heterocycles. The quantitative estimate of drug-likeness (QED) is 0.774. The van der Waals surface area contributed by atoms with E-state index in [0.29, 0.717) is 5.69 Å². The average molecular weight is 340 g/mol. The Hall–Kier alpha value is -2.53. The van der Waals surface area contributed by atoms with Crippen molar-refractivity contribution in [2.45, 2.75) is 25.7 Å². The van der Waals surface area contributed by atoms with Crippen LogP contribution in [-0.2, 0) is 10.0 Å². The Balaban J connectivity index is 1.94. The van der Waals surface area contributed by atoms with E-state index in [4.69, 9.17) is 0 Å². The van der Waals surface area contributed by atoms with Crippen molar-refractivity contribution in [1.29, 1.82) is 0 Å². The Labute approximate surface area is 142 Å². The number of hydrogen-bond donors (Lipinski definition) is 1. The van der Waals surface area contributed by atoms with Gasteiger partial charge in [0.1, 0.15) is 0 Å². The van der Waals surface area contributed by atoms with Crippen molar-refractivity contribution in [1.82, 2.24) is 4.57 Å². The van der Waals surface area contributed by atoms with Gasteiger partial charge in [0.25, 0.3) is 10.0 Å². The molecule has 0 bridgehead atoms. The second-order valence-corrected chi connectivity index (χ2v) is 7.60. The van der Waals surface area contributed by atoms with Crippen molar-refractivity contribution >= 4 is 15.7 Å². The summed E-state index contributed by atoms with van der Waals surface area (Å²) in [4.78, 5) is 0.256. The lowest BCUT2D eigenvalue weighted by atomic mass is 10.2. The lowest BCUT2D eigenvalue weighted by Crippen LogP contribution is -2.13. The highest BCUT2D eigenvalue weighted by atomic mass is 32.2. The summed E-state index contributed by atoms with van der Waals surface area (Å²) in [7, 11) is -3.60. The maximum absolute atomic E-state index is 12.5. The van der Waals surface area contributed by atoms with Gasteiger partial charge in [0, 0.05) is 17.1 Å². The highest BCUT2D eigenvalue weighted by Gasteiger charge is 2.14. The maximum Gasteiger partial charge on any atom is 0.261 e. The van der Waals surface area contributed by atoms with Crippen molar-refractivity contribution in [3.8, 4) is 5.69 Å². The number of aromatic nitrogens is 1. The highest BCUT2D eigenvalue weighted by Crippen LogP contribution is 2.22. The first-order valence-corrected chi connectivity index (χ1v) is 9.20. The van der Waals surface area contributed by atoms with E-state index in [-0.39, 0.29) is 4.90 Å². The van der Waals surface area contributed by atoms with Gasteiger partial charge in [-0.25, -0.2) is 8.42 Å². The number of nitrogens with one attached hydrogen (secondary N) is 1. The molecule has 5 heteroatoms. The molecule has 0 aliphatic heterocycles. The fourth-order valence-corrected chi connectivity index (χ4v) is 3.77. The van der Waals surface area contributed by atoms with Gasteiger partial charge in [-0.3, -0.25) is 4.72 Å². The molecule has 1 aromatic heterocycles. The van der Waals surface area contributed by atoms with Crippen LogP contribution in [0.1, 0.15) is 17.0 Å². The third-order valence-electron chi connectivity index (χ3n) is 3.96. The van der Waals surface area contributed by atoms with Gasteiger partial charge in [0.05, 0.1) is 10.6 Å². The second-order valence-electron chi connectivity index (χ2n) is 5.92. The molecule has 0 radical (unpaired) electrons. The predicted molar refractivity (Wildman–Crippen MR) is 97.2 cm³/mol. The van der Waals surface area contributed by atoms with Crippen LogP contribution in [0.5, 0.6) is 0 Å². The monoisotopic (exact) mass is 340 g/mol. The first-order valence-electron chi connectivity index (χ1n) is 7.72. The third kappa shape index (κ3) is 3.21. The van der Waals surface area contributed by atoms with Crippen LogP contribution in [0.15, 0.2) is 65.6 Å². The second kappa shape index (κ2) is 6.17. The van der Waals surface area contributed by atoms with Gasteiger partial charge in [-0.1, -0.05) is 23.8 Å². The Bertz CT molecular complexity index is 951. The van der Waals surface area contributed by atoms with Gasteiger partial charge in [-0.05, 0) is 63.2 Å². The first kappa shape index (κ1) is 16.3. The van der Waals surface area contributed by atoms with Crippen molar-refractivity contribution in [3.63, 3.8) is 0 Å². The maximum atomic E-state index is 12.5. The number of hydrogen-bond acceptors (Lipinski definition) is 2. The number of benzene rings is 2. The summed E-state index contributed by atoms with van der Waals surface area (Å²) < 4.78 is 29.8. The molecule has 3 rings (SSSR count). The molecule has 4 nitrogen and oxygen atoms in total. The van der Waals surface area contributed by atoms with Crippen molar-refractivity contribution in [2.24, 2.45) is 0 Å². The molecule has 24 heavy (non-hydrogen) atoms. The largest absolute Gasteiger partial charge is 0.318 e. The summed E-state index contributed by atoms with van der Waals surface area (Å²) in [5.74, 6) is 0. The molecule has 0 fully saturated rings. The lowest BCUT2D eigenvalue weighted by molar-refractivity contribution is 0.601. The van der Waals surface area contributed by atoms with Crippen LogP contribution in [0.25, 0.3) is 5.69 Å².